The molecule has 1 aliphatic carbocycles. The molecule has 112 valence electrons. The van der Waals surface area contributed by atoms with Crippen LogP contribution >= 0.6 is 22.9 Å². The van der Waals surface area contributed by atoms with E-state index in [-0.39, 0.29) is 17.1 Å². The summed E-state index contributed by atoms with van der Waals surface area (Å²) in [5.74, 6) is 0.232. The summed E-state index contributed by atoms with van der Waals surface area (Å²) in [5.41, 5.74) is 0.0451. The zero-order chi connectivity index (χ0) is 15.0. The Morgan fingerprint density at radius 2 is 2.10 bits per heavy atom. The van der Waals surface area contributed by atoms with E-state index in [1.54, 1.807) is 11.3 Å². The number of nitrogens with zero attached hydrogens (tertiary/aromatic N) is 3. The number of halogens is 4. The van der Waals surface area contributed by atoms with Crippen LogP contribution < -0.4 is 4.90 Å². The van der Waals surface area contributed by atoms with E-state index in [4.69, 9.17) is 11.6 Å². The first-order valence-electron chi connectivity index (χ1n) is 6.33. The van der Waals surface area contributed by atoms with Crippen molar-refractivity contribution in [3.05, 3.63) is 39.4 Å². The third kappa shape index (κ3) is 3.47. The molecule has 0 aliphatic heterocycles. The highest BCUT2D eigenvalue weighted by Crippen LogP contribution is 2.36. The molecule has 2 heterocycles. The van der Waals surface area contributed by atoms with E-state index in [2.05, 4.69) is 9.97 Å². The molecule has 8 heteroatoms. The van der Waals surface area contributed by atoms with Crippen molar-refractivity contribution in [2.75, 3.05) is 4.90 Å². The number of aromatic nitrogens is 2. The van der Waals surface area contributed by atoms with Crippen molar-refractivity contribution in [3.63, 3.8) is 0 Å². The Kier molecular flexibility index (Phi) is 3.79. The highest BCUT2D eigenvalue weighted by molar-refractivity contribution is 7.07. The van der Waals surface area contributed by atoms with Gasteiger partial charge in [-0.1, -0.05) is 0 Å². The third-order valence-electron chi connectivity index (χ3n) is 3.19. The van der Waals surface area contributed by atoms with Crippen molar-refractivity contribution < 1.29 is 13.2 Å². The number of hydrogen-bond donors (Lipinski definition) is 0. The van der Waals surface area contributed by atoms with Gasteiger partial charge in [0.05, 0.1) is 0 Å². The van der Waals surface area contributed by atoms with Crippen LogP contribution in [0.15, 0.2) is 22.9 Å². The molecular weight excluding hydrogens is 323 g/mol. The molecule has 3 nitrogen and oxygen atoms in total. The smallest absolute Gasteiger partial charge is 0.349 e. The molecule has 2 aromatic rings. The molecule has 0 atom stereocenters. The zero-order valence-corrected chi connectivity index (χ0v) is 12.3. The van der Waals surface area contributed by atoms with Crippen LogP contribution in [0.5, 0.6) is 0 Å². The predicted octanol–water partition coefficient (Wildman–Crippen LogP) is 4.38. The van der Waals surface area contributed by atoms with Crippen LogP contribution in [0.2, 0.25) is 5.28 Å². The largest absolute Gasteiger partial charge is 0.433 e. The molecular formula is C13H11ClF3N3S. The molecule has 1 aliphatic rings. The monoisotopic (exact) mass is 333 g/mol. The summed E-state index contributed by atoms with van der Waals surface area (Å²) in [6, 6.07) is 3.14. The van der Waals surface area contributed by atoms with E-state index in [1.807, 2.05) is 21.7 Å². The number of rotatable bonds is 4. The lowest BCUT2D eigenvalue weighted by Crippen LogP contribution is -2.26. The van der Waals surface area contributed by atoms with E-state index >= 15 is 0 Å². The molecule has 0 bridgehead atoms. The van der Waals surface area contributed by atoms with E-state index < -0.39 is 11.9 Å². The van der Waals surface area contributed by atoms with Crippen molar-refractivity contribution in [2.45, 2.75) is 31.6 Å². The summed E-state index contributed by atoms with van der Waals surface area (Å²) in [5, 5.41) is 3.54. The molecule has 0 N–H and O–H groups in total. The van der Waals surface area contributed by atoms with Gasteiger partial charge < -0.3 is 4.90 Å². The fourth-order valence-corrected chi connectivity index (χ4v) is 2.90. The second-order valence-corrected chi connectivity index (χ2v) is 5.99. The molecule has 2 aromatic heterocycles. The maximum absolute atomic E-state index is 12.8. The van der Waals surface area contributed by atoms with Gasteiger partial charge in [0.25, 0.3) is 0 Å². The van der Waals surface area contributed by atoms with Crippen LogP contribution in [0.3, 0.4) is 0 Å². The molecule has 3 rings (SSSR count). The molecule has 0 aromatic carbocycles. The average molecular weight is 334 g/mol. The van der Waals surface area contributed by atoms with Crippen LogP contribution in [0.4, 0.5) is 19.0 Å². The first-order valence-corrected chi connectivity index (χ1v) is 7.65. The predicted molar refractivity (Wildman–Crippen MR) is 75.6 cm³/mol. The molecule has 1 saturated carbocycles. The van der Waals surface area contributed by atoms with Gasteiger partial charge in [0.1, 0.15) is 5.82 Å². The normalized spacial score (nSPS) is 15.2. The van der Waals surface area contributed by atoms with Crippen molar-refractivity contribution >= 4 is 28.8 Å². The summed E-state index contributed by atoms with van der Waals surface area (Å²) in [7, 11) is 0. The Balaban J connectivity index is 1.94. The first-order chi connectivity index (χ1) is 9.93. The molecule has 0 unspecified atom stereocenters. The van der Waals surface area contributed by atoms with Gasteiger partial charge in [-0.25, -0.2) is 9.97 Å². The lowest BCUT2D eigenvalue weighted by molar-refractivity contribution is -0.141. The van der Waals surface area contributed by atoms with E-state index in [0.717, 1.165) is 24.5 Å². The minimum Gasteiger partial charge on any atom is -0.349 e. The van der Waals surface area contributed by atoms with Crippen molar-refractivity contribution in [2.24, 2.45) is 0 Å². The van der Waals surface area contributed by atoms with Gasteiger partial charge in [-0.3, -0.25) is 0 Å². The van der Waals surface area contributed by atoms with Crippen LogP contribution in [0.1, 0.15) is 24.1 Å². The number of alkyl halides is 3. The summed E-state index contributed by atoms with van der Waals surface area (Å²) >= 11 is 7.21. The Hall–Kier alpha value is -1.34. The minimum atomic E-state index is -4.53. The maximum Gasteiger partial charge on any atom is 0.433 e. The lowest BCUT2D eigenvalue weighted by atomic mass is 10.3. The SMILES string of the molecule is FC(F)(F)c1cc(N(Cc2ccsc2)C2CC2)nc(Cl)n1. The van der Waals surface area contributed by atoms with Crippen LogP contribution in [0.25, 0.3) is 0 Å². The summed E-state index contributed by atoms with van der Waals surface area (Å²) in [4.78, 5) is 9.11. The highest BCUT2D eigenvalue weighted by Gasteiger charge is 2.36. The number of thiophene rings is 1. The van der Waals surface area contributed by atoms with E-state index in [1.165, 1.54) is 0 Å². The fraction of sp³-hybridized carbons (Fsp3) is 0.385. The van der Waals surface area contributed by atoms with Gasteiger partial charge in [0, 0.05) is 18.7 Å². The molecule has 1 fully saturated rings. The molecule has 0 amide bonds. The fourth-order valence-electron chi connectivity index (χ4n) is 2.06. The van der Waals surface area contributed by atoms with Gasteiger partial charge in [-0.2, -0.15) is 24.5 Å². The van der Waals surface area contributed by atoms with Crippen molar-refractivity contribution in [3.8, 4) is 0 Å². The second-order valence-electron chi connectivity index (χ2n) is 4.87. The molecule has 21 heavy (non-hydrogen) atoms. The minimum absolute atomic E-state index is 0.219. The van der Waals surface area contributed by atoms with Crippen LogP contribution in [0, 0.1) is 0 Å². The van der Waals surface area contributed by atoms with Crippen LogP contribution in [-0.4, -0.2) is 16.0 Å². The van der Waals surface area contributed by atoms with E-state index in [0.29, 0.717) is 6.54 Å². The number of anilines is 1. The number of hydrogen-bond acceptors (Lipinski definition) is 4. The van der Waals surface area contributed by atoms with E-state index in [9.17, 15) is 13.2 Å². The average Bonchev–Trinajstić information content (AvgIpc) is 3.11. The molecule has 0 saturated heterocycles. The highest BCUT2D eigenvalue weighted by atomic mass is 35.5. The van der Waals surface area contributed by atoms with Crippen molar-refractivity contribution in [1.29, 1.82) is 0 Å². The Morgan fingerprint density at radius 1 is 1.33 bits per heavy atom. The Bertz CT molecular complexity index is 626. The Morgan fingerprint density at radius 3 is 2.67 bits per heavy atom. The summed E-state index contributed by atoms with van der Waals surface area (Å²) < 4.78 is 38.5. The standard InChI is InChI=1S/C13H11ClF3N3S/c14-12-18-10(13(15,16)17)5-11(19-12)20(9-1-2-9)6-8-3-4-21-7-8/h3-5,7,9H,1-2,6H2. The van der Waals surface area contributed by atoms with Gasteiger partial charge in [-0.05, 0) is 46.8 Å². The topological polar surface area (TPSA) is 29.0 Å². The van der Waals surface area contributed by atoms with Gasteiger partial charge in [-0.15, -0.1) is 0 Å². The lowest BCUT2D eigenvalue weighted by Gasteiger charge is -2.23. The summed E-state index contributed by atoms with van der Waals surface area (Å²) in [6.45, 7) is 0.527. The third-order valence-corrected chi connectivity index (χ3v) is 4.09. The Labute approximate surface area is 128 Å². The van der Waals surface area contributed by atoms with Crippen molar-refractivity contribution in [1.82, 2.24) is 9.97 Å². The molecule has 0 spiro atoms. The second kappa shape index (κ2) is 5.46. The van der Waals surface area contributed by atoms with Gasteiger partial charge in [0.2, 0.25) is 5.28 Å². The molecule has 0 radical (unpaired) electrons. The van der Waals surface area contributed by atoms with Gasteiger partial charge in [0.15, 0.2) is 5.69 Å². The van der Waals surface area contributed by atoms with Crippen LogP contribution in [-0.2, 0) is 12.7 Å². The van der Waals surface area contributed by atoms with Gasteiger partial charge >= 0.3 is 6.18 Å². The first kappa shape index (κ1) is 14.6. The summed E-state index contributed by atoms with van der Waals surface area (Å²) in [6.07, 6.45) is -2.63. The maximum atomic E-state index is 12.8. The zero-order valence-electron chi connectivity index (χ0n) is 10.8. The quantitative estimate of drug-likeness (QED) is 0.777.